The van der Waals surface area contributed by atoms with E-state index in [9.17, 15) is 9.59 Å². The molecule has 27 heavy (non-hydrogen) atoms. The maximum absolute atomic E-state index is 12.4. The summed E-state index contributed by atoms with van der Waals surface area (Å²) < 4.78 is 0. The van der Waals surface area contributed by atoms with Gasteiger partial charge < -0.3 is 10.2 Å². The van der Waals surface area contributed by atoms with Crippen molar-refractivity contribution < 1.29 is 9.59 Å². The Morgan fingerprint density at radius 2 is 1.67 bits per heavy atom. The minimum atomic E-state index is -0.163. The van der Waals surface area contributed by atoms with Gasteiger partial charge in [0.25, 0.3) is 5.91 Å². The number of hydrogen-bond donors (Lipinski definition) is 1. The third kappa shape index (κ3) is 5.36. The quantitative estimate of drug-likeness (QED) is 0.768. The largest absolute Gasteiger partial charge is 0.351 e. The molecule has 2 amide bonds. The topological polar surface area (TPSA) is 49.4 Å². The average molecular weight is 383 g/mol. The van der Waals surface area contributed by atoms with Crippen LogP contribution >= 0.6 is 11.8 Å². The van der Waals surface area contributed by atoms with Crippen LogP contribution in [0.2, 0.25) is 0 Å². The standard InChI is InChI=1S/C22H26N2O2S/c1-16-5-11-20(12-6-16)27-17(2)21(25)23-15-18-7-9-19(10-8-18)22(26)24-13-3-4-14-24/h5-12,17H,3-4,13-15H2,1-2H3,(H,23,25)/t17-/m1/s1. The number of likely N-dealkylation sites (tertiary alicyclic amines) is 1. The van der Waals surface area contributed by atoms with E-state index >= 15 is 0 Å². The van der Waals surface area contributed by atoms with E-state index in [-0.39, 0.29) is 17.1 Å². The Morgan fingerprint density at radius 1 is 1.04 bits per heavy atom. The Bertz CT molecular complexity index is 781. The van der Waals surface area contributed by atoms with Crippen molar-refractivity contribution in [2.75, 3.05) is 13.1 Å². The van der Waals surface area contributed by atoms with E-state index in [1.807, 2.05) is 48.2 Å². The van der Waals surface area contributed by atoms with E-state index in [1.54, 1.807) is 11.8 Å². The summed E-state index contributed by atoms with van der Waals surface area (Å²) >= 11 is 1.55. The van der Waals surface area contributed by atoms with Crippen LogP contribution in [-0.2, 0) is 11.3 Å². The van der Waals surface area contributed by atoms with E-state index in [2.05, 4.69) is 24.4 Å². The number of nitrogens with zero attached hydrogens (tertiary/aromatic N) is 1. The van der Waals surface area contributed by atoms with Gasteiger partial charge in [0.15, 0.2) is 0 Å². The van der Waals surface area contributed by atoms with Crippen molar-refractivity contribution in [3.63, 3.8) is 0 Å². The van der Waals surface area contributed by atoms with Crippen molar-refractivity contribution in [3.8, 4) is 0 Å². The third-order valence-corrected chi connectivity index (χ3v) is 5.88. The molecule has 0 saturated carbocycles. The summed E-state index contributed by atoms with van der Waals surface area (Å²) in [6, 6.07) is 15.7. The molecule has 0 aromatic heterocycles. The molecule has 5 heteroatoms. The first-order valence-electron chi connectivity index (χ1n) is 9.42. The molecule has 0 spiro atoms. The van der Waals surface area contributed by atoms with Gasteiger partial charge in [0.1, 0.15) is 0 Å². The minimum absolute atomic E-state index is 0.0118. The Balaban J connectivity index is 1.49. The summed E-state index contributed by atoms with van der Waals surface area (Å²) in [5.74, 6) is 0.115. The molecular formula is C22H26N2O2S. The van der Waals surface area contributed by atoms with E-state index in [0.717, 1.165) is 42.0 Å². The third-order valence-electron chi connectivity index (χ3n) is 4.76. The van der Waals surface area contributed by atoms with Crippen LogP contribution in [0.25, 0.3) is 0 Å². The summed E-state index contributed by atoms with van der Waals surface area (Å²) in [6.07, 6.45) is 2.18. The maximum atomic E-state index is 12.4. The number of rotatable bonds is 6. The number of thioether (sulfide) groups is 1. The molecular weight excluding hydrogens is 356 g/mol. The lowest BCUT2D eigenvalue weighted by Crippen LogP contribution is -2.30. The second kappa shape index (κ2) is 9.09. The molecule has 4 nitrogen and oxygen atoms in total. The molecule has 2 aromatic rings. The molecule has 0 aliphatic carbocycles. The molecule has 0 bridgehead atoms. The molecule has 1 heterocycles. The van der Waals surface area contributed by atoms with Gasteiger partial charge in [0, 0.05) is 30.1 Å². The van der Waals surface area contributed by atoms with E-state index in [1.165, 1.54) is 5.56 Å². The van der Waals surface area contributed by atoms with Crippen LogP contribution in [0.1, 0.15) is 41.3 Å². The van der Waals surface area contributed by atoms with E-state index < -0.39 is 0 Å². The molecule has 1 saturated heterocycles. The summed E-state index contributed by atoms with van der Waals surface area (Å²) in [6.45, 7) is 6.14. The molecule has 142 valence electrons. The van der Waals surface area contributed by atoms with Gasteiger partial charge in [-0.1, -0.05) is 29.8 Å². The van der Waals surface area contributed by atoms with Gasteiger partial charge in [0.2, 0.25) is 5.91 Å². The lowest BCUT2D eigenvalue weighted by Gasteiger charge is -2.15. The van der Waals surface area contributed by atoms with Gasteiger partial charge in [-0.3, -0.25) is 9.59 Å². The highest BCUT2D eigenvalue weighted by Gasteiger charge is 2.19. The fraction of sp³-hybridized carbons (Fsp3) is 0.364. The zero-order valence-corrected chi connectivity index (χ0v) is 16.7. The molecule has 1 aliphatic rings. The molecule has 3 rings (SSSR count). The fourth-order valence-electron chi connectivity index (χ4n) is 3.08. The van der Waals surface area contributed by atoms with Crippen LogP contribution in [0.4, 0.5) is 0 Å². The molecule has 0 unspecified atom stereocenters. The Morgan fingerprint density at radius 3 is 2.30 bits per heavy atom. The highest BCUT2D eigenvalue weighted by molar-refractivity contribution is 8.00. The van der Waals surface area contributed by atoms with Crippen LogP contribution in [0.3, 0.4) is 0 Å². The minimum Gasteiger partial charge on any atom is -0.351 e. The lowest BCUT2D eigenvalue weighted by atomic mass is 10.1. The van der Waals surface area contributed by atoms with Gasteiger partial charge in [-0.2, -0.15) is 0 Å². The number of benzene rings is 2. The van der Waals surface area contributed by atoms with E-state index in [4.69, 9.17) is 0 Å². The first kappa shape index (κ1) is 19.5. The second-order valence-electron chi connectivity index (χ2n) is 6.99. The van der Waals surface area contributed by atoms with Gasteiger partial charge in [-0.25, -0.2) is 0 Å². The van der Waals surface area contributed by atoms with Gasteiger partial charge in [-0.15, -0.1) is 11.8 Å². The number of carbonyl (C=O) groups excluding carboxylic acids is 2. The Kier molecular flexibility index (Phi) is 6.56. The molecule has 1 N–H and O–H groups in total. The van der Waals surface area contributed by atoms with Crippen molar-refractivity contribution >= 4 is 23.6 Å². The monoisotopic (exact) mass is 382 g/mol. The Hall–Kier alpha value is -2.27. The number of hydrogen-bond acceptors (Lipinski definition) is 3. The second-order valence-corrected chi connectivity index (χ2v) is 8.40. The first-order valence-corrected chi connectivity index (χ1v) is 10.3. The molecule has 1 fully saturated rings. The number of aryl methyl sites for hydroxylation is 1. The number of amides is 2. The number of nitrogens with one attached hydrogen (secondary N) is 1. The van der Waals surface area contributed by atoms with Crippen LogP contribution in [0, 0.1) is 6.92 Å². The first-order chi connectivity index (χ1) is 13.0. The fourth-order valence-corrected chi connectivity index (χ4v) is 3.97. The highest BCUT2D eigenvalue weighted by atomic mass is 32.2. The summed E-state index contributed by atoms with van der Waals surface area (Å²) in [7, 11) is 0. The highest BCUT2D eigenvalue weighted by Crippen LogP contribution is 2.23. The normalized spacial score (nSPS) is 14.8. The van der Waals surface area contributed by atoms with Crippen molar-refractivity contribution in [1.29, 1.82) is 0 Å². The number of carbonyl (C=O) groups is 2. The van der Waals surface area contributed by atoms with Gasteiger partial charge in [0.05, 0.1) is 5.25 Å². The van der Waals surface area contributed by atoms with E-state index in [0.29, 0.717) is 6.54 Å². The van der Waals surface area contributed by atoms with Crippen molar-refractivity contribution in [1.82, 2.24) is 10.2 Å². The SMILES string of the molecule is Cc1ccc(S[C@H](C)C(=O)NCc2ccc(C(=O)N3CCCC3)cc2)cc1. The van der Waals surface area contributed by atoms with Crippen LogP contribution in [-0.4, -0.2) is 35.1 Å². The van der Waals surface area contributed by atoms with Crippen molar-refractivity contribution in [2.24, 2.45) is 0 Å². The zero-order chi connectivity index (χ0) is 19.2. The van der Waals surface area contributed by atoms with Crippen LogP contribution < -0.4 is 5.32 Å². The van der Waals surface area contributed by atoms with Gasteiger partial charge >= 0.3 is 0 Å². The predicted molar refractivity (Wildman–Crippen MR) is 110 cm³/mol. The lowest BCUT2D eigenvalue weighted by molar-refractivity contribution is -0.120. The molecule has 2 aromatic carbocycles. The summed E-state index contributed by atoms with van der Waals surface area (Å²) in [5, 5.41) is 2.82. The summed E-state index contributed by atoms with van der Waals surface area (Å²) in [4.78, 5) is 27.7. The average Bonchev–Trinajstić information content (AvgIpc) is 3.22. The van der Waals surface area contributed by atoms with Crippen LogP contribution in [0.15, 0.2) is 53.4 Å². The predicted octanol–water partition coefficient (Wildman–Crippen LogP) is 4.03. The van der Waals surface area contributed by atoms with Gasteiger partial charge in [-0.05, 0) is 56.5 Å². The molecule has 0 radical (unpaired) electrons. The smallest absolute Gasteiger partial charge is 0.253 e. The summed E-state index contributed by atoms with van der Waals surface area (Å²) in [5.41, 5.74) is 2.92. The molecule has 1 atom stereocenters. The van der Waals surface area contributed by atoms with Crippen LogP contribution in [0.5, 0.6) is 0 Å². The maximum Gasteiger partial charge on any atom is 0.253 e. The van der Waals surface area contributed by atoms with Crippen molar-refractivity contribution in [2.45, 2.75) is 43.4 Å². The molecule has 1 aliphatic heterocycles. The van der Waals surface area contributed by atoms with Crippen molar-refractivity contribution in [3.05, 3.63) is 65.2 Å². The Labute approximate surface area is 165 Å². The zero-order valence-electron chi connectivity index (χ0n) is 15.9.